The van der Waals surface area contributed by atoms with Gasteiger partial charge in [0.2, 0.25) is 0 Å². The number of fused-ring (bicyclic) bond motifs is 1. The van der Waals surface area contributed by atoms with Crippen LogP contribution >= 0.6 is 0 Å². The summed E-state index contributed by atoms with van der Waals surface area (Å²) in [4.78, 5) is 16.0. The van der Waals surface area contributed by atoms with Crippen LogP contribution in [0.4, 0.5) is 0 Å². The summed E-state index contributed by atoms with van der Waals surface area (Å²) in [7, 11) is 1.36. The van der Waals surface area contributed by atoms with E-state index in [2.05, 4.69) is 11.6 Å². The van der Waals surface area contributed by atoms with E-state index in [-0.39, 0.29) is 5.97 Å². The third-order valence-electron chi connectivity index (χ3n) is 2.79. The van der Waals surface area contributed by atoms with Crippen LogP contribution in [0.2, 0.25) is 0 Å². The molecule has 0 aliphatic carbocycles. The van der Waals surface area contributed by atoms with E-state index in [9.17, 15) is 4.79 Å². The molecule has 0 aliphatic rings. The Morgan fingerprint density at radius 2 is 2.16 bits per heavy atom. The Labute approximate surface area is 111 Å². The molecule has 4 heteroatoms. The van der Waals surface area contributed by atoms with Crippen LogP contribution in [-0.2, 0) is 9.47 Å². The minimum Gasteiger partial charge on any atom is -0.494 e. The molecule has 0 aliphatic heterocycles. The monoisotopic (exact) mass is 257 g/mol. The number of hydrogen-bond donors (Lipinski definition) is 0. The minimum absolute atomic E-state index is 0.383. The first-order valence-electron chi connectivity index (χ1n) is 5.96. The first kappa shape index (κ1) is 13.1. The average molecular weight is 257 g/mol. The highest BCUT2D eigenvalue weighted by molar-refractivity contribution is 6.03. The first-order chi connectivity index (χ1) is 9.17. The first-order valence-corrected chi connectivity index (χ1v) is 5.96. The summed E-state index contributed by atoms with van der Waals surface area (Å²) >= 11 is 0. The Balaban J connectivity index is 2.56. The zero-order chi connectivity index (χ0) is 13.8. The average Bonchev–Trinajstić information content (AvgIpc) is 2.45. The van der Waals surface area contributed by atoms with Crippen molar-refractivity contribution in [2.24, 2.45) is 0 Å². The number of ether oxygens (including phenoxy) is 2. The van der Waals surface area contributed by atoms with Gasteiger partial charge >= 0.3 is 5.97 Å². The molecule has 0 N–H and O–H groups in total. The van der Waals surface area contributed by atoms with Crippen LogP contribution in [0.1, 0.15) is 22.8 Å². The minimum atomic E-state index is -0.383. The Kier molecular flexibility index (Phi) is 3.80. The van der Waals surface area contributed by atoms with Gasteiger partial charge < -0.3 is 9.47 Å². The highest BCUT2D eigenvalue weighted by Crippen LogP contribution is 2.23. The van der Waals surface area contributed by atoms with E-state index in [0.29, 0.717) is 17.9 Å². The molecule has 2 aromatic rings. The SMILES string of the molecule is C=C(OCC)c1ccc2nccc(C(=O)OC)c2c1. The fourth-order valence-corrected chi connectivity index (χ4v) is 1.87. The third kappa shape index (κ3) is 2.57. The lowest BCUT2D eigenvalue weighted by Gasteiger charge is -2.09. The predicted molar refractivity (Wildman–Crippen MR) is 73.7 cm³/mol. The lowest BCUT2D eigenvalue weighted by molar-refractivity contribution is 0.0603. The second-order valence-corrected chi connectivity index (χ2v) is 3.94. The van der Waals surface area contributed by atoms with Crippen LogP contribution in [0.3, 0.4) is 0 Å². The summed E-state index contributed by atoms with van der Waals surface area (Å²) < 4.78 is 10.1. The molecule has 0 amide bonds. The lowest BCUT2D eigenvalue weighted by atomic mass is 10.1. The number of pyridine rings is 1. The van der Waals surface area contributed by atoms with Crippen molar-refractivity contribution in [3.05, 3.63) is 48.2 Å². The molecule has 0 atom stereocenters. The van der Waals surface area contributed by atoms with Crippen LogP contribution in [0.15, 0.2) is 37.0 Å². The summed E-state index contributed by atoms with van der Waals surface area (Å²) in [5.41, 5.74) is 2.04. The van der Waals surface area contributed by atoms with E-state index in [1.165, 1.54) is 7.11 Å². The number of hydrogen-bond acceptors (Lipinski definition) is 4. The molecule has 98 valence electrons. The highest BCUT2D eigenvalue weighted by atomic mass is 16.5. The molecule has 0 unspecified atom stereocenters. The molecular weight excluding hydrogens is 242 g/mol. The molecule has 0 saturated carbocycles. The maximum atomic E-state index is 11.7. The maximum absolute atomic E-state index is 11.7. The molecular formula is C15H15NO3. The summed E-state index contributed by atoms with van der Waals surface area (Å²) in [6, 6.07) is 7.18. The van der Waals surface area contributed by atoms with Crippen molar-refractivity contribution in [3.63, 3.8) is 0 Å². The third-order valence-corrected chi connectivity index (χ3v) is 2.79. The molecule has 1 aromatic carbocycles. The lowest BCUT2D eigenvalue weighted by Crippen LogP contribution is -2.03. The molecule has 1 heterocycles. The predicted octanol–water partition coefficient (Wildman–Crippen LogP) is 3.03. The summed E-state index contributed by atoms with van der Waals surface area (Å²) in [5.74, 6) is 0.190. The quantitative estimate of drug-likeness (QED) is 0.624. The summed E-state index contributed by atoms with van der Waals surface area (Å²) in [5, 5.41) is 0.729. The van der Waals surface area contributed by atoms with E-state index in [0.717, 1.165) is 16.5 Å². The molecule has 0 saturated heterocycles. The number of aromatic nitrogens is 1. The van der Waals surface area contributed by atoms with Gasteiger partial charge in [-0.2, -0.15) is 0 Å². The number of benzene rings is 1. The molecule has 4 nitrogen and oxygen atoms in total. The van der Waals surface area contributed by atoms with Gasteiger partial charge in [0.15, 0.2) is 0 Å². The number of carbonyl (C=O) groups excluding carboxylic acids is 1. The standard InChI is InChI=1S/C15H15NO3/c1-4-19-10(2)11-5-6-14-13(9-11)12(7-8-16-14)15(17)18-3/h5-9H,2,4H2,1,3H3. The normalized spacial score (nSPS) is 10.2. The topological polar surface area (TPSA) is 48.4 Å². The zero-order valence-electron chi connectivity index (χ0n) is 11.0. The van der Waals surface area contributed by atoms with Gasteiger partial charge in [-0.1, -0.05) is 6.58 Å². The number of nitrogens with zero attached hydrogens (tertiary/aromatic N) is 1. The van der Waals surface area contributed by atoms with Crippen LogP contribution < -0.4 is 0 Å². The Morgan fingerprint density at radius 3 is 2.84 bits per heavy atom. The van der Waals surface area contributed by atoms with Gasteiger partial charge in [-0.3, -0.25) is 4.98 Å². The van der Waals surface area contributed by atoms with Crippen LogP contribution in [0, 0.1) is 0 Å². The van der Waals surface area contributed by atoms with Crippen molar-refractivity contribution in [3.8, 4) is 0 Å². The van der Waals surface area contributed by atoms with Crippen molar-refractivity contribution in [2.75, 3.05) is 13.7 Å². The molecule has 0 spiro atoms. The van der Waals surface area contributed by atoms with Crippen molar-refractivity contribution in [1.29, 1.82) is 0 Å². The van der Waals surface area contributed by atoms with E-state index < -0.39 is 0 Å². The van der Waals surface area contributed by atoms with Gasteiger partial charge in [0, 0.05) is 17.1 Å². The van der Waals surface area contributed by atoms with E-state index in [1.54, 1.807) is 12.3 Å². The number of esters is 1. The van der Waals surface area contributed by atoms with Crippen LogP contribution in [0.25, 0.3) is 16.7 Å². The maximum Gasteiger partial charge on any atom is 0.338 e. The van der Waals surface area contributed by atoms with Crippen LogP contribution in [-0.4, -0.2) is 24.7 Å². The van der Waals surface area contributed by atoms with Crippen molar-refractivity contribution in [2.45, 2.75) is 6.92 Å². The Hall–Kier alpha value is -2.36. The fraction of sp³-hybridized carbons (Fsp3) is 0.200. The van der Waals surface area contributed by atoms with Gasteiger partial charge in [-0.25, -0.2) is 4.79 Å². The van der Waals surface area contributed by atoms with Crippen LogP contribution in [0.5, 0.6) is 0 Å². The summed E-state index contributed by atoms with van der Waals surface area (Å²) in [6.45, 7) is 6.30. The van der Waals surface area contributed by atoms with E-state index in [4.69, 9.17) is 9.47 Å². The molecule has 0 radical (unpaired) electrons. The van der Waals surface area contributed by atoms with Gasteiger partial charge in [0.25, 0.3) is 0 Å². The second-order valence-electron chi connectivity index (χ2n) is 3.94. The molecule has 19 heavy (non-hydrogen) atoms. The molecule has 0 fully saturated rings. The number of carbonyl (C=O) groups is 1. The molecule has 1 aromatic heterocycles. The Morgan fingerprint density at radius 1 is 1.37 bits per heavy atom. The molecule has 0 bridgehead atoms. The number of methoxy groups -OCH3 is 1. The van der Waals surface area contributed by atoms with Gasteiger partial charge in [-0.05, 0) is 31.2 Å². The van der Waals surface area contributed by atoms with Crippen molar-refractivity contribution < 1.29 is 14.3 Å². The smallest absolute Gasteiger partial charge is 0.338 e. The Bertz CT molecular complexity index is 634. The number of rotatable bonds is 4. The van der Waals surface area contributed by atoms with Gasteiger partial charge in [0.1, 0.15) is 5.76 Å². The fourth-order valence-electron chi connectivity index (χ4n) is 1.87. The zero-order valence-corrected chi connectivity index (χ0v) is 11.0. The largest absolute Gasteiger partial charge is 0.494 e. The highest BCUT2D eigenvalue weighted by Gasteiger charge is 2.12. The molecule has 2 rings (SSSR count). The van der Waals surface area contributed by atoms with Gasteiger partial charge in [-0.15, -0.1) is 0 Å². The van der Waals surface area contributed by atoms with E-state index in [1.807, 2.05) is 25.1 Å². The van der Waals surface area contributed by atoms with Gasteiger partial charge in [0.05, 0.1) is 24.8 Å². The van der Waals surface area contributed by atoms with Crippen molar-refractivity contribution >= 4 is 22.6 Å². The summed E-state index contributed by atoms with van der Waals surface area (Å²) in [6.07, 6.45) is 1.59. The van der Waals surface area contributed by atoms with Crippen molar-refractivity contribution in [1.82, 2.24) is 4.98 Å². The second kappa shape index (κ2) is 5.52. The van der Waals surface area contributed by atoms with E-state index >= 15 is 0 Å².